The number of hydrogen-bond acceptors (Lipinski definition) is 5. The number of fused-ring (bicyclic) bond motifs is 1. The number of unbranched alkanes of at least 4 members (excludes halogenated alkanes) is 2. The largest absolute Gasteiger partial charge is 0.353 e. The van der Waals surface area contributed by atoms with Crippen LogP contribution in [0, 0.1) is 0 Å². The average Bonchev–Trinajstić information content (AvgIpc) is 2.38. The zero-order valence-corrected chi connectivity index (χ0v) is 9.76. The van der Waals surface area contributed by atoms with Gasteiger partial charge in [0.05, 0.1) is 5.52 Å². The van der Waals surface area contributed by atoms with Gasteiger partial charge < -0.3 is 11.1 Å². The summed E-state index contributed by atoms with van der Waals surface area (Å²) in [5.74, 6) is 0.594. The van der Waals surface area contributed by atoms with E-state index < -0.39 is 0 Å². The van der Waals surface area contributed by atoms with Crippen LogP contribution in [0.5, 0.6) is 0 Å². The molecule has 0 unspecified atom stereocenters. The zero-order chi connectivity index (χ0) is 11.9. The predicted molar refractivity (Wildman–Crippen MR) is 68.7 cm³/mol. The molecule has 0 fully saturated rings. The molecule has 17 heavy (non-hydrogen) atoms. The van der Waals surface area contributed by atoms with E-state index in [0.29, 0.717) is 5.95 Å². The van der Waals surface area contributed by atoms with Gasteiger partial charge in [-0.2, -0.15) is 0 Å². The maximum atomic E-state index is 5.43. The Kier molecular flexibility index (Phi) is 4.21. The fourth-order valence-electron chi connectivity index (χ4n) is 1.60. The first-order valence-electron chi connectivity index (χ1n) is 5.93. The molecular weight excluding hydrogens is 214 g/mol. The number of para-hydroxylation sites is 1. The van der Waals surface area contributed by atoms with Gasteiger partial charge in [-0.3, -0.25) is 0 Å². The highest BCUT2D eigenvalue weighted by Crippen LogP contribution is 2.08. The van der Waals surface area contributed by atoms with Gasteiger partial charge in [-0.25, -0.2) is 4.98 Å². The van der Waals surface area contributed by atoms with E-state index in [4.69, 9.17) is 5.73 Å². The Labute approximate surface area is 100 Å². The second-order valence-corrected chi connectivity index (χ2v) is 3.90. The highest BCUT2D eigenvalue weighted by molar-refractivity contribution is 5.73. The first kappa shape index (κ1) is 11.7. The third-order valence-corrected chi connectivity index (χ3v) is 2.52. The minimum atomic E-state index is 0.594. The first-order chi connectivity index (χ1) is 8.40. The van der Waals surface area contributed by atoms with E-state index in [9.17, 15) is 0 Å². The Bertz CT molecular complexity index is 471. The molecule has 0 atom stereocenters. The normalized spacial score (nSPS) is 10.6. The minimum absolute atomic E-state index is 0.594. The van der Waals surface area contributed by atoms with Gasteiger partial charge in [0.25, 0.3) is 0 Å². The topological polar surface area (TPSA) is 76.7 Å². The van der Waals surface area contributed by atoms with E-state index in [-0.39, 0.29) is 0 Å². The van der Waals surface area contributed by atoms with Gasteiger partial charge in [-0.1, -0.05) is 18.6 Å². The molecule has 1 heterocycles. The summed E-state index contributed by atoms with van der Waals surface area (Å²) in [6, 6.07) is 7.71. The second kappa shape index (κ2) is 6.10. The predicted octanol–water partition coefficient (Wildman–Crippen LogP) is 1.57. The number of hydrogen-bond donors (Lipinski definition) is 2. The Morgan fingerprint density at radius 1 is 1.00 bits per heavy atom. The third-order valence-electron chi connectivity index (χ3n) is 2.52. The van der Waals surface area contributed by atoms with Crippen molar-refractivity contribution in [1.29, 1.82) is 0 Å². The van der Waals surface area contributed by atoms with Crippen molar-refractivity contribution in [3.8, 4) is 0 Å². The summed E-state index contributed by atoms with van der Waals surface area (Å²) in [6.45, 7) is 1.62. The molecule has 1 aromatic heterocycles. The van der Waals surface area contributed by atoms with Gasteiger partial charge in [0.1, 0.15) is 5.52 Å². The Morgan fingerprint density at radius 2 is 1.82 bits per heavy atom. The molecule has 0 saturated heterocycles. The fourth-order valence-corrected chi connectivity index (χ4v) is 1.60. The van der Waals surface area contributed by atoms with E-state index in [0.717, 1.165) is 43.4 Å². The molecule has 0 radical (unpaired) electrons. The summed E-state index contributed by atoms with van der Waals surface area (Å²) in [4.78, 5) is 4.38. The Morgan fingerprint density at radius 3 is 2.65 bits per heavy atom. The molecule has 0 aliphatic heterocycles. The lowest BCUT2D eigenvalue weighted by atomic mass is 10.2. The molecule has 90 valence electrons. The van der Waals surface area contributed by atoms with Gasteiger partial charge in [-0.15, -0.1) is 10.2 Å². The number of benzene rings is 1. The van der Waals surface area contributed by atoms with Crippen molar-refractivity contribution < 1.29 is 0 Å². The Hall–Kier alpha value is -1.75. The summed E-state index contributed by atoms with van der Waals surface area (Å²) >= 11 is 0. The lowest BCUT2D eigenvalue weighted by Crippen LogP contribution is -2.07. The van der Waals surface area contributed by atoms with Crippen molar-refractivity contribution in [2.45, 2.75) is 19.3 Å². The summed E-state index contributed by atoms with van der Waals surface area (Å²) in [6.07, 6.45) is 3.27. The monoisotopic (exact) mass is 231 g/mol. The van der Waals surface area contributed by atoms with E-state index >= 15 is 0 Å². The van der Waals surface area contributed by atoms with Gasteiger partial charge in [0.15, 0.2) is 0 Å². The quantitative estimate of drug-likeness (QED) is 0.738. The van der Waals surface area contributed by atoms with Crippen LogP contribution in [-0.2, 0) is 0 Å². The molecule has 0 aliphatic rings. The van der Waals surface area contributed by atoms with Crippen LogP contribution in [0.2, 0.25) is 0 Å². The molecule has 5 heteroatoms. The van der Waals surface area contributed by atoms with Crippen molar-refractivity contribution in [2.24, 2.45) is 5.73 Å². The highest BCUT2D eigenvalue weighted by Gasteiger charge is 1.99. The smallest absolute Gasteiger partial charge is 0.243 e. The first-order valence-corrected chi connectivity index (χ1v) is 5.93. The van der Waals surface area contributed by atoms with Crippen LogP contribution >= 0.6 is 0 Å². The third kappa shape index (κ3) is 3.35. The van der Waals surface area contributed by atoms with Crippen LogP contribution in [0.1, 0.15) is 19.3 Å². The molecule has 1 aromatic carbocycles. The highest BCUT2D eigenvalue weighted by atomic mass is 15.2. The Balaban J connectivity index is 1.90. The number of nitrogens with two attached hydrogens (primary N) is 1. The second-order valence-electron chi connectivity index (χ2n) is 3.90. The molecule has 0 amide bonds. The summed E-state index contributed by atoms with van der Waals surface area (Å²) in [5, 5.41) is 11.3. The summed E-state index contributed by atoms with van der Waals surface area (Å²) < 4.78 is 0. The van der Waals surface area contributed by atoms with Crippen LogP contribution < -0.4 is 11.1 Å². The maximum Gasteiger partial charge on any atom is 0.243 e. The lowest BCUT2D eigenvalue weighted by Gasteiger charge is -2.04. The number of aromatic nitrogens is 3. The number of nitrogens with one attached hydrogen (secondary N) is 1. The van der Waals surface area contributed by atoms with Crippen molar-refractivity contribution in [3.63, 3.8) is 0 Å². The summed E-state index contributed by atoms with van der Waals surface area (Å²) in [5.41, 5.74) is 7.12. The van der Waals surface area contributed by atoms with Crippen LogP contribution in [0.25, 0.3) is 11.0 Å². The van der Waals surface area contributed by atoms with E-state index in [2.05, 4.69) is 20.5 Å². The van der Waals surface area contributed by atoms with Crippen molar-refractivity contribution >= 4 is 17.0 Å². The van der Waals surface area contributed by atoms with Gasteiger partial charge in [-0.05, 0) is 31.5 Å². The molecule has 0 spiro atoms. The minimum Gasteiger partial charge on any atom is -0.353 e. The standard InChI is InChI=1S/C12H17N5/c13-8-4-1-5-9-14-12-15-10-6-2-3-7-11(10)16-17-12/h2-3,6-7H,1,4-5,8-9,13H2,(H,14,15,17). The molecule has 2 rings (SSSR count). The maximum absolute atomic E-state index is 5.43. The summed E-state index contributed by atoms with van der Waals surface area (Å²) in [7, 11) is 0. The van der Waals surface area contributed by atoms with Gasteiger partial charge in [0, 0.05) is 6.54 Å². The molecule has 5 nitrogen and oxygen atoms in total. The number of rotatable bonds is 6. The van der Waals surface area contributed by atoms with E-state index in [1.54, 1.807) is 0 Å². The van der Waals surface area contributed by atoms with E-state index in [1.165, 1.54) is 0 Å². The van der Waals surface area contributed by atoms with Crippen LogP contribution in [0.15, 0.2) is 24.3 Å². The SMILES string of the molecule is NCCCCCNc1nnc2ccccc2n1. The van der Waals surface area contributed by atoms with Crippen LogP contribution in [-0.4, -0.2) is 28.3 Å². The van der Waals surface area contributed by atoms with Gasteiger partial charge >= 0.3 is 0 Å². The molecule has 3 N–H and O–H groups in total. The van der Waals surface area contributed by atoms with Crippen LogP contribution in [0.4, 0.5) is 5.95 Å². The molecule has 0 aliphatic carbocycles. The average molecular weight is 231 g/mol. The fraction of sp³-hybridized carbons (Fsp3) is 0.417. The molecular formula is C12H17N5. The van der Waals surface area contributed by atoms with Crippen molar-refractivity contribution in [2.75, 3.05) is 18.4 Å². The molecule has 0 saturated carbocycles. The number of anilines is 1. The van der Waals surface area contributed by atoms with Crippen molar-refractivity contribution in [3.05, 3.63) is 24.3 Å². The zero-order valence-electron chi connectivity index (χ0n) is 9.76. The molecule has 0 bridgehead atoms. The van der Waals surface area contributed by atoms with Crippen molar-refractivity contribution in [1.82, 2.24) is 15.2 Å². The number of nitrogens with zero attached hydrogens (tertiary/aromatic N) is 3. The van der Waals surface area contributed by atoms with Gasteiger partial charge in [0.2, 0.25) is 5.95 Å². The van der Waals surface area contributed by atoms with E-state index in [1.807, 2.05) is 24.3 Å². The molecule has 2 aromatic rings. The van der Waals surface area contributed by atoms with Crippen LogP contribution in [0.3, 0.4) is 0 Å². The lowest BCUT2D eigenvalue weighted by molar-refractivity contribution is 0.704.